The maximum absolute atomic E-state index is 5.88. The molecule has 1 aromatic carbocycles. The molecule has 0 aliphatic carbocycles. The minimum atomic E-state index is 0. The highest BCUT2D eigenvalue weighted by molar-refractivity contribution is 14.0. The highest BCUT2D eigenvalue weighted by atomic mass is 127. The third-order valence-electron chi connectivity index (χ3n) is 3.12. The number of methoxy groups -OCH3 is 1. The summed E-state index contributed by atoms with van der Waals surface area (Å²) in [6, 6.07) is 10.3. The predicted molar refractivity (Wildman–Crippen MR) is 104 cm³/mol. The number of hydrogen-bond donors (Lipinski definition) is 2. The number of aliphatic imine (C=N–C) groups is 1. The van der Waals surface area contributed by atoms with Gasteiger partial charge in [-0.15, -0.1) is 35.3 Å². The number of nitrogens with one attached hydrogen (secondary N) is 1. The van der Waals surface area contributed by atoms with E-state index in [9.17, 15) is 0 Å². The van der Waals surface area contributed by atoms with Gasteiger partial charge in [-0.1, -0.05) is 18.2 Å². The quantitative estimate of drug-likeness (QED) is 0.419. The Kier molecular flexibility index (Phi) is 8.26. The Balaban J connectivity index is 0.00000242. The van der Waals surface area contributed by atoms with Crippen LogP contribution in [0.2, 0.25) is 0 Å². The molecule has 0 radical (unpaired) electrons. The lowest BCUT2D eigenvalue weighted by atomic mass is 10.1. The molecule has 0 unspecified atom stereocenters. The van der Waals surface area contributed by atoms with E-state index in [1.54, 1.807) is 18.4 Å². The molecule has 2 rings (SSSR count). The molecule has 0 bridgehead atoms. The molecule has 22 heavy (non-hydrogen) atoms. The number of nitrogens with two attached hydrogens (primary N) is 1. The predicted octanol–water partition coefficient (Wildman–Crippen LogP) is 3.33. The second-order valence-corrected chi connectivity index (χ2v) is 5.81. The summed E-state index contributed by atoms with van der Waals surface area (Å²) in [6.45, 7) is 3.35. The van der Waals surface area contributed by atoms with Gasteiger partial charge in [-0.2, -0.15) is 0 Å². The van der Waals surface area contributed by atoms with E-state index in [1.807, 2.05) is 25.1 Å². The Morgan fingerprint density at radius 3 is 2.86 bits per heavy atom. The third-order valence-corrected chi connectivity index (χ3v) is 4.06. The summed E-state index contributed by atoms with van der Waals surface area (Å²) in [5.74, 6) is 1.32. The van der Waals surface area contributed by atoms with Crippen molar-refractivity contribution in [2.75, 3.05) is 13.7 Å². The maximum Gasteiger partial charge on any atom is 0.188 e. The number of guanidine groups is 1. The van der Waals surface area contributed by atoms with E-state index in [-0.39, 0.29) is 24.0 Å². The number of benzene rings is 1. The highest BCUT2D eigenvalue weighted by Gasteiger charge is 2.02. The SMILES string of the molecule is COc1cc(C)ccc1CN=C(N)NCCc1cccs1.I. The van der Waals surface area contributed by atoms with Crippen LogP contribution >= 0.6 is 35.3 Å². The van der Waals surface area contributed by atoms with Crippen molar-refractivity contribution in [3.8, 4) is 5.75 Å². The summed E-state index contributed by atoms with van der Waals surface area (Å²) in [4.78, 5) is 5.70. The number of aryl methyl sites for hydroxylation is 1. The zero-order valence-corrected chi connectivity index (χ0v) is 16.0. The van der Waals surface area contributed by atoms with E-state index in [4.69, 9.17) is 10.5 Å². The summed E-state index contributed by atoms with van der Waals surface area (Å²) in [5.41, 5.74) is 8.09. The normalized spacial score (nSPS) is 10.9. The van der Waals surface area contributed by atoms with Gasteiger partial charge in [-0.25, -0.2) is 4.99 Å². The van der Waals surface area contributed by atoms with Gasteiger partial charge in [0.2, 0.25) is 0 Å². The molecule has 2 aromatic rings. The summed E-state index contributed by atoms with van der Waals surface area (Å²) >= 11 is 1.75. The van der Waals surface area contributed by atoms with Crippen LogP contribution in [0.25, 0.3) is 0 Å². The van der Waals surface area contributed by atoms with Crippen LogP contribution in [0.3, 0.4) is 0 Å². The first-order valence-corrected chi connectivity index (χ1v) is 7.76. The number of thiophene rings is 1. The van der Waals surface area contributed by atoms with E-state index < -0.39 is 0 Å². The molecule has 0 spiro atoms. The molecular formula is C16H22IN3OS. The molecule has 0 atom stereocenters. The average molecular weight is 431 g/mol. The van der Waals surface area contributed by atoms with Crippen molar-refractivity contribution < 1.29 is 4.74 Å². The number of halogens is 1. The van der Waals surface area contributed by atoms with Gasteiger partial charge in [0.1, 0.15) is 5.75 Å². The summed E-state index contributed by atoms with van der Waals surface area (Å²) in [7, 11) is 1.67. The smallest absolute Gasteiger partial charge is 0.188 e. The van der Waals surface area contributed by atoms with Crippen LogP contribution < -0.4 is 15.8 Å². The van der Waals surface area contributed by atoms with Gasteiger partial charge in [-0.05, 0) is 36.4 Å². The Labute approximate surface area is 152 Å². The Morgan fingerprint density at radius 2 is 2.18 bits per heavy atom. The van der Waals surface area contributed by atoms with Gasteiger partial charge >= 0.3 is 0 Å². The first-order chi connectivity index (χ1) is 10.2. The van der Waals surface area contributed by atoms with Crippen molar-refractivity contribution in [2.24, 2.45) is 10.7 Å². The third kappa shape index (κ3) is 5.84. The summed E-state index contributed by atoms with van der Waals surface area (Å²) in [6.07, 6.45) is 0.960. The minimum Gasteiger partial charge on any atom is -0.496 e. The number of nitrogens with zero attached hydrogens (tertiary/aromatic N) is 1. The van der Waals surface area contributed by atoms with Crippen molar-refractivity contribution in [3.63, 3.8) is 0 Å². The number of hydrogen-bond acceptors (Lipinski definition) is 3. The van der Waals surface area contributed by atoms with Crippen LogP contribution in [0.15, 0.2) is 40.7 Å². The topological polar surface area (TPSA) is 59.6 Å². The second kappa shape index (κ2) is 9.68. The van der Waals surface area contributed by atoms with E-state index in [0.717, 1.165) is 24.3 Å². The van der Waals surface area contributed by atoms with Crippen molar-refractivity contribution in [1.82, 2.24) is 5.32 Å². The van der Waals surface area contributed by atoms with Crippen molar-refractivity contribution >= 4 is 41.3 Å². The number of ether oxygens (including phenoxy) is 1. The summed E-state index contributed by atoms with van der Waals surface area (Å²) < 4.78 is 5.36. The number of rotatable bonds is 6. The lowest BCUT2D eigenvalue weighted by Crippen LogP contribution is -2.33. The molecule has 6 heteroatoms. The molecule has 0 amide bonds. The first kappa shape index (κ1) is 18.8. The van der Waals surface area contributed by atoms with Crippen molar-refractivity contribution in [3.05, 3.63) is 51.7 Å². The highest BCUT2D eigenvalue weighted by Crippen LogP contribution is 2.20. The van der Waals surface area contributed by atoms with E-state index in [0.29, 0.717) is 12.5 Å². The Bertz CT molecular complexity index is 599. The van der Waals surface area contributed by atoms with Crippen LogP contribution in [0.5, 0.6) is 5.75 Å². The average Bonchev–Trinajstić information content (AvgIpc) is 2.99. The fourth-order valence-corrected chi connectivity index (χ4v) is 2.69. The molecule has 0 aliphatic rings. The van der Waals surface area contributed by atoms with Crippen LogP contribution in [-0.2, 0) is 13.0 Å². The molecule has 0 aliphatic heterocycles. The Morgan fingerprint density at radius 1 is 1.36 bits per heavy atom. The molecule has 1 aromatic heterocycles. The van der Waals surface area contributed by atoms with E-state index in [2.05, 4.69) is 27.8 Å². The fraction of sp³-hybridized carbons (Fsp3) is 0.312. The molecule has 1 heterocycles. The fourth-order valence-electron chi connectivity index (χ4n) is 1.98. The molecule has 4 nitrogen and oxygen atoms in total. The largest absolute Gasteiger partial charge is 0.496 e. The molecule has 0 saturated carbocycles. The van der Waals surface area contributed by atoms with Gasteiger partial charge in [-0.3, -0.25) is 0 Å². The van der Waals surface area contributed by atoms with E-state index in [1.165, 1.54) is 10.4 Å². The summed E-state index contributed by atoms with van der Waals surface area (Å²) in [5, 5.41) is 5.21. The van der Waals surface area contributed by atoms with Crippen LogP contribution in [0, 0.1) is 6.92 Å². The monoisotopic (exact) mass is 431 g/mol. The van der Waals surface area contributed by atoms with Gasteiger partial charge in [0.15, 0.2) is 5.96 Å². The first-order valence-electron chi connectivity index (χ1n) is 6.88. The van der Waals surface area contributed by atoms with Crippen LogP contribution in [0.4, 0.5) is 0 Å². The minimum absolute atomic E-state index is 0. The van der Waals surface area contributed by atoms with Gasteiger partial charge in [0.05, 0.1) is 13.7 Å². The zero-order chi connectivity index (χ0) is 15.1. The van der Waals surface area contributed by atoms with Gasteiger partial charge < -0.3 is 15.8 Å². The Hall–Kier alpha value is -1.28. The standard InChI is InChI=1S/C16H21N3OS.HI/c1-12-5-6-13(15(10-12)20-2)11-19-16(17)18-8-7-14-4-3-9-21-14;/h3-6,9-10H,7-8,11H2,1-2H3,(H3,17,18,19);1H. The van der Waals surface area contributed by atoms with Gasteiger partial charge in [0, 0.05) is 17.0 Å². The van der Waals surface area contributed by atoms with Crippen LogP contribution in [-0.4, -0.2) is 19.6 Å². The van der Waals surface area contributed by atoms with Crippen molar-refractivity contribution in [2.45, 2.75) is 19.9 Å². The van der Waals surface area contributed by atoms with E-state index >= 15 is 0 Å². The molecule has 0 fully saturated rings. The van der Waals surface area contributed by atoms with Crippen LogP contribution in [0.1, 0.15) is 16.0 Å². The second-order valence-electron chi connectivity index (χ2n) is 4.77. The molecule has 3 N–H and O–H groups in total. The lowest BCUT2D eigenvalue weighted by molar-refractivity contribution is 0.409. The van der Waals surface area contributed by atoms with Crippen molar-refractivity contribution in [1.29, 1.82) is 0 Å². The molecular weight excluding hydrogens is 409 g/mol. The lowest BCUT2D eigenvalue weighted by Gasteiger charge is -2.08. The zero-order valence-electron chi connectivity index (χ0n) is 12.8. The molecule has 120 valence electrons. The van der Waals surface area contributed by atoms with Gasteiger partial charge in [0.25, 0.3) is 0 Å². The molecule has 0 saturated heterocycles. The maximum atomic E-state index is 5.88.